The van der Waals surface area contributed by atoms with E-state index >= 15 is 0 Å². The SMILES string of the molecule is CC(CO)c1ccccc1[C@H](CCSCC1(CC(=O)O)CC1)c1cccc(C=Cc2ccc3sc(Cl)c(Cl)c3n2)c1. The molecule has 2 N–H and O–H groups in total. The summed E-state index contributed by atoms with van der Waals surface area (Å²) in [6.45, 7) is 2.15. The number of aromatic nitrogens is 1. The summed E-state index contributed by atoms with van der Waals surface area (Å²) in [5.41, 5.74) is 6.20. The van der Waals surface area contributed by atoms with Gasteiger partial charge in [0.05, 0.1) is 21.8 Å². The molecule has 4 nitrogen and oxygen atoms in total. The molecule has 1 unspecified atom stereocenters. The van der Waals surface area contributed by atoms with Gasteiger partial charge in [-0.3, -0.25) is 4.79 Å². The van der Waals surface area contributed by atoms with Gasteiger partial charge in [-0.05, 0) is 76.6 Å². The Bertz CT molecular complexity index is 1560. The number of aliphatic hydroxyl groups excluding tert-OH is 1. The van der Waals surface area contributed by atoms with Crippen molar-refractivity contribution in [2.45, 2.75) is 44.4 Å². The monoisotopic (exact) mass is 625 g/mol. The number of rotatable bonds is 13. The summed E-state index contributed by atoms with van der Waals surface area (Å²) in [6.07, 6.45) is 7.26. The third kappa shape index (κ3) is 7.36. The average molecular weight is 627 g/mol. The first-order valence-corrected chi connectivity index (χ1v) is 16.5. The van der Waals surface area contributed by atoms with E-state index in [1.54, 1.807) is 0 Å². The predicted molar refractivity (Wildman–Crippen MR) is 175 cm³/mol. The summed E-state index contributed by atoms with van der Waals surface area (Å²) in [4.78, 5) is 16.0. The van der Waals surface area contributed by atoms with Crippen molar-refractivity contribution in [3.8, 4) is 0 Å². The number of carboxylic acids is 1. The summed E-state index contributed by atoms with van der Waals surface area (Å²) in [5.74, 6) is 1.31. The molecular weight excluding hydrogens is 593 g/mol. The van der Waals surface area contributed by atoms with Crippen molar-refractivity contribution >= 4 is 74.6 Å². The molecule has 214 valence electrons. The van der Waals surface area contributed by atoms with Gasteiger partial charge in [0.1, 0.15) is 9.85 Å². The third-order valence-corrected chi connectivity index (χ3v) is 11.1. The number of aliphatic carboxylic acids is 1. The highest BCUT2D eigenvalue weighted by Gasteiger charge is 2.44. The van der Waals surface area contributed by atoms with Crippen molar-refractivity contribution in [3.63, 3.8) is 0 Å². The number of hydrogen-bond acceptors (Lipinski definition) is 5. The molecule has 0 amide bonds. The Hall–Kier alpha value is -2.35. The van der Waals surface area contributed by atoms with Gasteiger partial charge in [0.15, 0.2) is 0 Å². The van der Waals surface area contributed by atoms with Crippen LogP contribution in [0.25, 0.3) is 22.4 Å². The van der Waals surface area contributed by atoms with E-state index < -0.39 is 5.97 Å². The number of pyridine rings is 1. The number of benzene rings is 2. The van der Waals surface area contributed by atoms with Crippen LogP contribution in [0.4, 0.5) is 0 Å². The zero-order valence-electron chi connectivity index (χ0n) is 22.9. The highest BCUT2D eigenvalue weighted by molar-refractivity contribution is 7.99. The molecule has 1 saturated carbocycles. The predicted octanol–water partition coefficient (Wildman–Crippen LogP) is 9.38. The molecule has 1 aliphatic carbocycles. The van der Waals surface area contributed by atoms with Crippen LogP contribution < -0.4 is 0 Å². The highest BCUT2D eigenvalue weighted by Crippen LogP contribution is 2.51. The second-order valence-corrected chi connectivity index (χ2v) is 14.1. The van der Waals surface area contributed by atoms with Gasteiger partial charge < -0.3 is 10.2 Å². The third-order valence-electron chi connectivity index (χ3n) is 7.84. The number of nitrogens with zero attached hydrogens (tertiary/aromatic N) is 1. The van der Waals surface area contributed by atoms with Gasteiger partial charge >= 0.3 is 5.97 Å². The van der Waals surface area contributed by atoms with Crippen molar-refractivity contribution in [3.05, 3.63) is 98.0 Å². The van der Waals surface area contributed by atoms with E-state index in [2.05, 4.69) is 55.5 Å². The molecule has 1 aliphatic rings. The van der Waals surface area contributed by atoms with Gasteiger partial charge in [-0.25, -0.2) is 4.98 Å². The molecule has 2 atom stereocenters. The van der Waals surface area contributed by atoms with Gasteiger partial charge in [-0.15, -0.1) is 11.3 Å². The van der Waals surface area contributed by atoms with Gasteiger partial charge in [0.2, 0.25) is 0 Å². The van der Waals surface area contributed by atoms with Crippen LogP contribution in [0, 0.1) is 5.41 Å². The molecule has 1 fully saturated rings. The van der Waals surface area contributed by atoms with E-state index in [9.17, 15) is 15.0 Å². The Balaban J connectivity index is 1.39. The number of fused-ring (bicyclic) bond motifs is 1. The van der Waals surface area contributed by atoms with Crippen molar-refractivity contribution in [2.24, 2.45) is 5.41 Å². The van der Waals surface area contributed by atoms with Crippen molar-refractivity contribution in [2.75, 3.05) is 18.1 Å². The lowest BCUT2D eigenvalue weighted by Gasteiger charge is -2.24. The molecule has 4 aromatic rings. The van der Waals surface area contributed by atoms with E-state index in [-0.39, 0.29) is 30.3 Å². The summed E-state index contributed by atoms with van der Waals surface area (Å²) >= 11 is 15.8. The molecule has 5 rings (SSSR count). The summed E-state index contributed by atoms with van der Waals surface area (Å²) in [5, 5.41) is 19.8. The van der Waals surface area contributed by atoms with Crippen LogP contribution in [0.2, 0.25) is 9.36 Å². The number of hydrogen-bond donors (Lipinski definition) is 2. The molecule has 0 spiro atoms. The number of aliphatic hydroxyl groups is 1. The van der Waals surface area contributed by atoms with Crippen molar-refractivity contribution in [1.29, 1.82) is 0 Å². The number of carbonyl (C=O) groups is 1. The Labute approximate surface area is 259 Å². The lowest BCUT2D eigenvalue weighted by atomic mass is 9.82. The Morgan fingerprint density at radius 2 is 1.88 bits per heavy atom. The Morgan fingerprint density at radius 1 is 1.10 bits per heavy atom. The summed E-state index contributed by atoms with van der Waals surface area (Å²) in [6, 6.07) is 21.0. The fourth-order valence-corrected chi connectivity index (χ4v) is 8.11. The quantitative estimate of drug-likeness (QED) is 0.145. The van der Waals surface area contributed by atoms with Gasteiger partial charge in [0.25, 0.3) is 0 Å². The van der Waals surface area contributed by atoms with E-state index in [4.69, 9.17) is 28.2 Å². The molecule has 0 radical (unpaired) electrons. The summed E-state index contributed by atoms with van der Waals surface area (Å²) in [7, 11) is 0. The van der Waals surface area contributed by atoms with Crippen molar-refractivity contribution < 1.29 is 15.0 Å². The standard InChI is InChI=1S/C33H33Cl2NO3S2/c1-21(19-37)25-7-2-3-8-27(25)26(13-16-40-20-33(14-15-33)18-29(38)39)23-6-4-5-22(17-23)9-10-24-11-12-28-31(36-24)30(34)32(35)41-28/h2-12,17,21,26,37H,13-16,18-20H2,1H3,(H,38,39)/t21?,26-/m1/s1. The van der Waals surface area contributed by atoms with Gasteiger partial charge in [0, 0.05) is 18.4 Å². The van der Waals surface area contributed by atoms with E-state index in [1.807, 2.05) is 36.0 Å². The average Bonchev–Trinajstić information content (AvgIpc) is 3.67. The minimum Gasteiger partial charge on any atom is -0.481 e. The van der Waals surface area contributed by atoms with Gasteiger partial charge in [-0.2, -0.15) is 11.8 Å². The maximum Gasteiger partial charge on any atom is 0.303 e. The lowest BCUT2D eigenvalue weighted by Crippen LogP contribution is -2.13. The minimum absolute atomic E-state index is 0.0182. The van der Waals surface area contributed by atoms with Crippen LogP contribution in [-0.4, -0.2) is 39.3 Å². The van der Waals surface area contributed by atoms with Crippen LogP contribution >= 0.6 is 46.3 Å². The van der Waals surface area contributed by atoms with E-state index in [0.717, 1.165) is 52.2 Å². The maximum absolute atomic E-state index is 11.3. The molecule has 0 aliphatic heterocycles. The zero-order valence-corrected chi connectivity index (χ0v) is 26.0. The molecule has 2 aromatic heterocycles. The lowest BCUT2D eigenvalue weighted by molar-refractivity contribution is -0.138. The zero-order chi connectivity index (χ0) is 29.0. The molecule has 2 heterocycles. The van der Waals surface area contributed by atoms with Gasteiger partial charge in [-0.1, -0.05) is 84.7 Å². The molecule has 0 saturated heterocycles. The molecular formula is C33H33Cl2NO3S2. The Morgan fingerprint density at radius 3 is 2.61 bits per heavy atom. The first-order valence-electron chi connectivity index (χ1n) is 13.8. The highest BCUT2D eigenvalue weighted by atomic mass is 35.5. The second-order valence-electron chi connectivity index (χ2n) is 11.0. The van der Waals surface area contributed by atoms with E-state index in [1.165, 1.54) is 28.0 Å². The van der Waals surface area contributed by atoms with Crippen LogP contribution in [-0.2, 0) is 4.79 Å². The first kappa shape index (κ1) is 30.1. The van der Waals surface area contributed by atoms with Crippen LogP contribution in [0.3, 0.4) is 0 Å². The molecule has 41 heavy (non-hydrogen) atoms. The number of halogens is 2. The minimum atomic E-state index is -0.699. The first-order chi connectivity index (χ1) is 19.8. The number of thioether (sulfide) groups is 1. The largest absolute Gasteiger partial charge is 0.481 e. The van der Waals surface area contributed by atoms with Crippen LogP contribution in [0.15, 0.2) is 60.7 Å². The Kier molecular flexibility index (Phi) is 9.77. The molecule has 0 bridgehead atoms. The number of carboxylic acid groups (broad SMARTS) is 1. The number of thiophene rings is 1. The van der Waals surface area contributed by atoms with Crippen LogP contribution in [0.1, 0.15) is 72.4 Å². The fraction of sp³-hybridized carbons (Fsp3) is 0.333. The topological polar surface area (TPSA) is 70.4 Å². The van der Waals surface area contributed by atoms with Crippen molar-refractivity contribution in [1.82, 2.24) is 4.98 Å². The second kappa shape index (κ2) is 13.3. The fourth-order valence-electron chi connectivity index (χ4n) is 5.33. The maximum atomic E-state index is 11.3. The van der Waals surface area contributed by atoms with Crippen LogP contribution in [0.5, 0.6) is 0 Å². The summed E-state index contributed by atoms with van der Waals surface area (Å²) < 4.78 is 1.52. The molecule has 8 heteroatoms. The normalized spacial score (nSPS) is 15.8. The smallest absolute Gasteiger partial charge is 0.303 e. The van der Waals surface area contributed by atoms with E-state index in [0.29, 0.717) is 9.36 Å². The molecule has 2 aromatic carbocycles.